The molecule has 0 N–H and O–H groups in total. The normalized spacial score (nSPS) is 14.2. The lowest BCUT2D eigenvalue weighted by molar-refractivity contribution is 0.257. The first-order valence-corrected chi connectivity index (χ1v) is 6.32. The molecule has 12 heavy (non-hydrogen) atoms. The molecule has 0 amide bonds. The van der Waals surface area contributed by atoms with Crippen LogP contribution in [0.15, 0.2) is 0 Å². The van der Waals surface area contributed by atoms with Crippen LogP contribution in [0.25, 0.3) is 0 Å². The fourth-order valence-electron chi connectivity index (χ4n) is 1.56. The van der Waals surface area contributed by atoms with Crippen molar-refractivity contribution in [2.24, 2.45) is 5.92 Å². The summed E-state index contributed by atoms with van der Waals surface area (Å²) in [5, 5.41) is 0. The van der Waals surface area contributed by atoms with Crippen LogP contribution in [0.3, 0.4) is 0 Å². The number of hydrogen-bond acceptors (Lipinski definition) is 2. The minimum absolute atomic E-state index is 0.667. The zero-order valence-electron chi connectivity index (χ0n) is 8.96. The van der Waals surface area contributed by atoms with Gasteiger partial charge in [-0.05, 0) is 17.9 Å². The molecular weight excluding hydrogens is 168 g/mol. The van der Waals surface area contributed by atoms with E-state index in [1.165, 1.54) is 12.8 Å². The first-order chi connectivity index (χ1) is 5.65. The summed E-state index contributed by atoms with van der Waals surface area (Å²) in [6, 6.07) is 0. The average Bonchev–Trinajstić information content (AvgIpc) is 2.04. The van der Waals surface area contributed by atoms with Gasteiger partial charge in [0.25, 0.3) is 0 Å². The lowest BCUT2D eigenvalue weighted by Gasteiger charge is -2.22. The molecule has 0 bridgehead atoms. The van der Waals surface area contributed by atoms with Crippen LogP contribution in [-0.2, 0) is 8.85 Å². The van der Waals surface area contributed by atoms with Crippen LogP contribution in [0.1, 0.15) is 33.6 Å². The summed E-state index contributed by atoms with van der Waals surface area (Å²) >= 11 is 0. The Morgan fingerprint density at radius 2 is 1.67 bits per heavy atom. The molecule has 0 fully saturated rings. The quantitative estimate of drug-likeness (QED) is 0.599. The molecule has 3 heteroatoms. The minimum atomic E-state index is -1.36. The molecule has 0 aliphatic heterocycles. The Kier molecular flexibility index (Phi) is 6.71. The summed E-state index contributed by atoms with van der Waals surface area (Å²) in [6.07, 6.45) is 2.41. The average molecular weight is 190 g/mol. The van der Waals surface area contributed by atoms with Crippen molar-refractivity contribution in [3.63, 3.8) is 0 Å². The maximum absolute atomic E-state index is 5.37. The van der Waals surface area contributed by atoms with E-state index < -0.39 is 9.28 Å². The van der Waals surface area contributed by atoms with E-state index in [1.54, 1.807) is 14.2 Å². The van der Waals surface area contributed by atoms with Crippen LogP contribution in [0.4, 0.5) is 0 Å². The van der Waals surface area contributed by atoms with Gasteiger partial charge in [0.15, 0.2) is 0 Å². The van der Waals surface area contributed by atoms with Gasteiger partial charge in [-0.3, -0.25) is 0 Å². The monoisotopic (exact) mass is 190 g/mol. The molecule has 0 aromatic rings. The van der Waals surface area contributed by atoms with E-state index in [0.29, 0.717) is 5.54 Å². The van der Waals surface area contributed by atoms with Gasteiger partial charge in [-0.2, -0.15) is 0 Å². The predicted octanol–water partition coefficient (Wildman–Crippen LogP) is 2.33. The van der Waals surface area contributed by atoms with Gasteiger partial charge in [-0.1, -0.05) is 27.2 Å². The van der Waals surface area contributed by atoms with Gasteiger partial charge in [0.2, 0.25) is 0 Å². The van der Waals surface area contributed by atoms with Crippen LogP contribution in [0.5, 0.6) is 0 Å². The molecule has 0 heterocycles. The summed E-state index contributed by atoms with van der Waals surface area (Å²) in [6.45, 7) is 6.71. The second kappa shape index (κ2) is 6.63. The summed E-state index contributed by atoms with van der Waals surface area (Å²) in [5.74, 6) is 0.746. The Morgan fingerprint density at radius 1 is 1.17 bits per heavy atom. The third kappa shape index (κ3) is 4.23. The summed E-state index contributed by atoms with van der Waals surface area (Å²) in [7, 11) is 2.17. The molecule has 0 aromatic heterocycles. The van der Waals surface area contributed by atoms with Crippen LogP contribution in [0, 0.1) is 5.92 Å². The fourth-order valence-corrected chi connectivity index (χ4v) is 3.67. The standard InChI is InChI=1S/C9H22O2Si/c1-6-9(7-8(2)3)12(10-4)11-5/h8-9,12H,6-7H2,1-5H3. The van der Waals surface area contributed by atoms with Crippen molar-refractivity contribution in [3.05, 3.63) is 0 Å². The van der Waals surface area contributed by atoms with E-state index in [1.807, 2.05) is 0 Å². The Hall–Kier alpha value is 0.137. The van der Waals surface area contributed by atoms with Crippen molar-refractivity contribution in [3.8, 4) is 0 Å². The zero-order valence-corrected chi connectivity index (χ0v) is 10.1. The van der Waals surface area contributed by atoms with Gasteiger partial charge in [0.1, 0.15) is 0 Å². The first-order valence-electron chi connectivity index (χ1n) is 4.71. The predicted molar refractivity (Wildman–Crippen MR) is 54.7 cm³/mol. The SMILES string of the molecule is CCC(CC(C)C)[SiH](OC)OC. The molecule has 2 nitrogen and oxygen atoms in total. The number of rotatable bonds is 6. The molecule has 0 saturated carbocycles. The van der Waals surface area contributed by atoms with Crippen LogP contribution in [-0.4, -0.2) is 23.5 Å². The van der Waals surface area contributed by atoms with E-state index in [0.717, 1.165) is 5.92 Å². The van der Waals surface area contributed by atoms with Crippen molar-refractivity contribution in [1.29, 1.82) is 0 Å². The highest BCUT2D eigenvalue weighted by molar-refractivity contribution is 6.46. The molecule has 0 aliphatic rings. The second-order valence-electron chi connectivity index (χ2n) is 3.64. The highest BCUT2D eigenvalue weighted by Gasteiger charge is 2.23. The molecule has 0 aliphatic carbocycles. The van der Waals surface area contributed by atoms with E-state index in [9.17, 15) is 0 Å². The molecule has 1 atom stereocenters. The third-order valence-electron chi connectivity index (χ3n) is 2.15. The second-order valence-corrected chi connectivity index (χ2v) is 6.26. The zero-order chi connectivity index (χ0) is 9.56. The highest BCUT2D eigenvalue weighted by atomic mass is 28.3. The van der Waals surface area contributed by atoms with E-state index >= 15 is 0 Å². The van der Waals surface area contributed by atoms with Crippen molar-refractivity contribution >= 4 is 9.28 Å². The molecule has 0 aromatic carbocycles. The lowest BCUT2D eigenvalue weighted by atomic mass is 10.1. The summed E-state index contributed by atoms with van der Waals surface area (Å²) in [5.41, 5.74) is 0.667. The van der Waals surface area contributed by atoms with E-state index in [4.69, 9.17) is 8.85 Å². The van der Waals surface area contributed by atoms with Gasteiger partial charge in [-0.25, -0.2) is 0 Å². The van der Waals surface area contributed by atoms with Crippen LogP contribution in [0.2, 0.25) is 5.54 Å². The maximum atomic E-state index is 5.37. The molecule has 0 saturated heterocycles. The molecule has 74 valence electrons. The largest absolute Gasteiger partial charge is 0.400 e. The Labute approximate surface area is 78.1 Å². The summed E-state index contributed by atoms with van der Waals surface area (Å²) in [4.78, 5) is 0. The topological polar surface area (TPSA) is 18.5 Å². The Morgan fingerprint density at radius 3 is 1.92 bits per heavy atom. The molecule has 0 radical (unpaired) electrons. The van der Waals surface area contributed by atoms with Crippen molar-refractivity contribution < 1.29 is 8.85 Å². The van der Waals surface area contributed by atoms with Gasteiger partial charge >= 0.3 is 9.28 Å². The van der Waals surface area contributed by atoms with E-state index in [2.05, 4.69) is 20.8 Å². The summed E-state index contributed by atoms with van der Waals surface area (Å²) < 4.78 is 10.7. The Balaban J connectivity index is 3.92. The number of hydrogen-bond donors (Lipinski definition) is 0. The first kappa shape index (κ1) is 12.1. The molecular formula is C9H22O2Si. The maximum Gasteiger partial charge on any atom is 0.324 e. The van der Waals surface area contributed by atoms with Gasteiger partial charge in [0.05, 0.1) is 0 Å². The van der Waals surface area contributed by atoms with Crippen LogP contribution >= 0.6 is 0 Å². The van der Waals surface area contributed by atoms with Gasteiger partial charge < -0.3 is 8.85 Å². The van der Waals surface area contributed by atoms with Gasteiger partial charge in [-0.15, -0.1) is 0 Å². The smallest absolute Gasteiger partial charge is 0.324 e. The van der Waals surface area contributed by atoms with E-state index in [-0.39, 0.29) is 0 Å². The lowest BCUT2D eigenvalue weighted by Crippen LogP contribution is -2.26. The molecule has 0 rings (SSSR count). The van der Waals surface area contributed by atoms with Gasteiger partial charge in [0, 0.05) is 14.2 Å². The Bertz CT molecular complexity index is 103. The third-order valence-corrected chi connectivity index (χ3v) is 4.59. The minimum Gasteiger partial charge on any atom is -0.400 e. The van der Waals surface area contributed by atoms with Crippen molar-refractivity contribution in [1.82, 2.24) is 0 Å². The van der Waals surface area contributed by atoms with Crippen molar-refractivity contribution in [2.45, 2.75) is 39.2 Å². The highest BCUT2D eigenvalue weighted by Crippen LogP contribution is 2.24. The molecule has 1 unspecified atom stereocenters. The van der Waals surface area contributed by atoms with Crippen molar-refractivity contribution in [2.75, 3.05) is 14.2 Å². The fraction of sp³-hybridized carbons (Fsp3) is 1.00. The van der Waals surface area contributed by atoms with Crippen LogP contribution < -0.4 is 0 Å². The molecule has 0 spiro atoms.